The van der Waals surface area contributed by atoms with E-state index in [9.17, 15) is 9.59 Å². The number of pyridine rings is 1. The SMILES string of the molecule is Cc1ccc(CCC(=O)c2cccc3[nH]c(NC(=O)c4cc5ccccc5cn4)nc23)cc1. The molecule has 162 valence electrons. The molecule has 5 rings (SSSR count). The third-order valence-corrected chi connectivity index (χ3v) is 5.67. The van der Waals surface area contributed by atoms with Crippen LogP contribution in [0.5, 0.6) is 0 Å². The number of aryl methyl sites for hydroxylation is 2. The van der Waals surface area contributed by atoms with Crippen LogP contribution in [-0.4, -0.2) is 26.6 Å². The second-order valence-corrected chi connectivity index (χ2v) is 8.07. The molecule has 0 saturated heterocycles. The molecule has 0 saturated carbocycles. The van der Waals surface area contributed by atoms with Crippen LogP contribution in [0.4, 0.5) is 5.95 Å². The van der Waals surface area contributed by atoms with E-state index in [4.69, 9.17) is 0 Å². The lowest BCUT2D eigenvalue weighted by molar-refractivity contribution is 0.0982. The summed E-state index contributed by atoms with van der Waals surface area (Å²) in [5.41, 5.74) is 4.40. The lowest BCUT2D eigenvalue weighted by atomic mass is 10.0. The first-order chi connectivity index (χ1) is 16.1. The van der Waals surface area contributed by atoms with E-state index < -0.39 is 0 Å². The summed E-state index contributed by atoms with van der Waals surface area (Å²) in [7, 11) is 0. The molecular formula is C27H22N4O2. The molecule has 0 spiro atoms. The Morgan fingerprint density at radius 2 is 1.73 bits per heavy atom. The molecule has 5 aromatic rings. The van der Waals surface area contributed by atoms with Crippen molar-refractivity contribution in [1.82, 2.24) is 15.0 Å². The summed E-state index contributed by atoms with van der Waals surface area (Å²) in [5, 5.41) is 4.66. The number of fused-ring (bicyclic) bond motifs is 2. The van der Waals surface area contributed by atoms with Gasteiger partial charge < -0.3 is 4.98 Å². The number of hydrogen-bond donors (Lipinski definition) is 2. The van der Waals surface area contributed by atoms with E-state index in [0.29, 0.717) is 35.1 Å². The fraction of sp³-hybridized carbons (Fsp3) is 0.111. The Balaban J connectivity index is 1.34. The van der Waals surface area contributed by atoms with Crippen LogP contribution in [0.1, 0.15) is 38.4 Å². The summed E-state index contributed by atoms with van der Waals surface area (Å²) in [6.07, 6.45) is 2.72. The maximum Gasteiger partial charge on any atom is 0.276 e. The first-order valence-electron chi connectivity index (χ1n) is 10.8. The average molecular weight is 434 g/mol. The highest BCUT2D eigenvalue weighted by Crippen LogP contribution is 2.22. The summed E-state index contributed by atoms with van der Waals surface area (Å²) in [6.45, 7) is 2.04. The van der Waals surface area contributed by atoms with Gasteiger partial charge in [0.1, 0.15) is 11.2 Å². The van der Waals surface area contributed by atoms with Gasteiger partial charge in [0.25, 0.3) is 5.91 Å². The highest BCUT2D eigenvalue weighted by molar-refractivity contribution is 6.08. The maximum absolute atomic E-state index is 12.9. The molecule has 1 amide bonds. The largest absolute Gasteiger partial charge is 0.324 e. The molecule has 6 nitrogen and oxygen atoms in total. The van der Waals surface area contributed by atoms with E-state index in [-0.39, 0.29) is 17.6 Å². The number of amides is 1. The van der Waals surface area contributed by atoms with Gasteiger partial charge in [0.2, 0.25) is 5.95 Å². The summed E-state index contributed by atoms with van der Waals surface area (Å²) in [6, 6.07) is 23.1. The molecule has 0 aliphatic carbocycles. The van der Waals surface area contributed by atoms with Crippen LogP contribution in [0.2, 0.25) is 0 Å². The highest BCUT2D eigenvalue weighted by atomic mass is 16.2. The number of para-hydroxylation sites is 1. The fourth-order valence-electron chi connectivity index (χ4n) is 3.84. The number of imidazole rings is 1. The van der Waals surface area contributed by atoms with Crippen molar-refractivity contribution in [2.24, 2.45) is 0 Å². The predicted molar refractivity (Wildman–Crippen MR) is 130 cm³/mol. The van der Waals surface area contributed by atoms with Crippen LogP contribution < -0.4 is 5.32 Å². The number of nitrogens with one attached hydrogen (secondary N) is 2. The highest BCUT2D eigenvalue weighted by Gasteiger charge is 2.16. The van der Waals surface area contributed by atoms with Gasteiger partial charge in [0.05, 0.1) is 5.52 Å². The van der Waals surface area contributed by atoms with Crippen molar-refractivity contribution in [2.75, 3.05) is 5.32 Å². The van der Waals surface area contributed by atoms with Gasteiger partial charge in [0.15, 0.2) is 5.78 Å². The van der Waals surface area contributed by atoms with Crippen molar-refractivity contribution in [3.05, 3.63) is 101 Å². The number of rotatable bonds is 6. The lowest BCUT2D eigenvalue weighted by Gasteiger charge is -2.03. The van der Waals surface area contributed by atoms with E-state index in [1.54, 1.807) is 18.3 Å². The number of aromatic nitrogens is 3. The molecule has 0 unspecified atom stereocenters. The van der Waals surface area contributed by atoms with Crippen LogP contribution in [0.25, 0.3) is 21.8 Å². The summed E-state index contributed by atoms with van der Waals surface area (Å²) in [5.74, 6) is -0.0717. The molecule has 0 aliphatic rings. The van der Waals surface area contributed by atoms with Gasteiger partial charge in [-0.25, -0.2) is 4.98 Å². The average Bonchev–Trinajstić information content (AvgIpc) is 3.25. The smallest absolute Gasteiger partial charge is 0.276 e. The summed E-state index contributed by atoms with van der Waals surface area (Å²) < 4.78 is 0. The number of Topliss-reactive ketones (excluding diaryl/α,β-unsaturated/α-hetero) is 1. The quantitative estimate of drug-likeness (QED) is 0.346. The van der Waals surface area contributed by atoms with Crippen molar-refractivity contribution < 1.29 is 9.59 Å². The van der Waals surface area contributed by atoms with Gasteiger partial charge in [-0.15, -0.1) is 0 Å². The van der Waals surface area contributed by atoms with Crippen LogP contribution in [0.15, 0.2) is 79.0 Å². The van der Waals surface area contributed by atoms with Gasteiger partial charge in [-0.2, -0.15) is 0 Å². The Hall–Kier alpha value is -4.32. The topological polar surface area (TPSA) is 87.7 Å². The molecule has 0 atom stereocenters. The zero-order chi connectivity index (χ0) is 22.8. The normalized spacial score (nSPS) is 11.1. The monoisotopic (exact) mass is 434 g/mol. The molecule has 33 heavy (non-hydrogen) atoms. The summed E-state index contributed by atoms with van der Waals surface area (Å²) in [4.78, 5) is 37.5. The number of H-pyrrole nitrogens is 1. The first kappa shape index (κ1) is 20.6. The molecule has 6 heteroatoms. The fourth-order valence-corrected chi connectivity index (χ4v) is 3.84. The molecule has 2 aromatic heterocycles. The standard InChI is InChI=1S/C27H22N4O2/c1-17-9-11-18(12-10-17)13-14-24(32)21-7-4-8-22-25(21)30-27(29-22)31-26(33)23-15-19-5-2-3-6-20(19)16-28-23/h2-12,15-16H,13-14H2,1H3,(H2,29,30,31,33). The minimum Gasteiger partial charge on any atom is -0.324 e. The Morgan fingerprint density at radius 1 is 0.939 bits per heavy atom. The Kier molecular flexibility index (Phi) is 5.40. The minimum atomic E-state index is -0.368. The molecule has 0 fully saturated rings. The van der Waals surface area contributed by atoms with Crippen LogP contribution in [0.3, 0.4) is 0 Å². The van der Waals surface area contributed by atoms with Gasteiger partial charge >= 0.3 is 0 Å². The number of carbonyl (C=O) groups excluding carboxylic acids is 2. The van der Waals surface area contributed by atoms with Crippen molar-refractivity contribution in [1.29, 1.82) is 0 Å². The number of benzene rings is 3. The second-order valence-electron chi connectivity index (χ2n) is 8.07. The molecule has 2 N–H and O–H groups in total. The first-order valence-corrected chi connectivity index (χ1v) is 10.8. The molecule has 2 heterocycles. The van der Waals surface area contributed by atoms with Gasteiger partial charge in [0, 0.05) is 23.6 Å². The third kappa shape index (κ3) is 4.36. The van der Waals surface area contributed by atoms with Crippen LogP contribution >= 0.6 is 0 Å². The predicted octanol–water partition coefficient (Wildman–Crippen LogP) is 5.49. The van der Waals surface area contributed by atoms with E-state index in [1.807, 2.05) is 67.6 Å². The van der Waals surface area contributed by atoms with Crippen LogP contribution in [0, 0.1) is 6.92 Å². The summed E-state index contributed by atoms with van der Waals surface area (Å²) >= 11 is 0. The Labute approximate surface area is 190 Å². The van der Waals surface area contributed by atoms with E-state index >= 15 is 0 Å². The number of hydrogen-bond acceptors (Lipinski definition) is 4. The zero-order valence-electron chi connectivity index (χ0n) is 18.1. The lowest BCUT2D eigenvalue weighted by Crippen LogP contribution is -2.14. The number of anilines is 1. The number of nitrogens with zero attached hydrogens (tertiary/aromatic N) is 2. The van der Waals surface area contributed by atoms with Gasteiger partial charge in [-0.05, 0) is 42.5 Å². The van der Waals surface area contributed by atoms with Gasteiger partial charge in [-0.1, -0.05) is 60.2 Å². The van der Waals surface area contributed by atoms with Crippen molar-refractivity contribution >= 4 is 39.4 Å². The maximum atomic E-state index is 12.9. The Morgan fingerprint density at radius 3 is 2.55 bits per heavy atom. The minimum absolute atomic E-state index is 0.0155. The molecule has 0 radical (unpaired) electrons. The van der Waals surface area contributed by atoms with Crippen molar-refractivity contribution in [3.8, 4) is 0 Å². The number of carbonyl (C=O) groups is 2. The van der Waals surface area contributed by atoms with E-state index in [1.165, 1.54) is 5.56 Å². The Bertz CT molecular complexity index is 1490. The second kappa shape index (κ2) is 8.67. The molecule has 0 aliphatic heterocycles. The van der Waals surface area contributed by atoms with E-state index in [0.717, 1.165) is 16.3 Å². The van der Waals surface area contributed by atoms with Crippen molar-refractivity contribution in [3.63, 3.8) is 0 Å². The van der Waals surface area contributed by atoms with E-state index in [2.05, 4.69) is 20.3 Å². The zero-order valence-corrected chi connectivity index (χ0v) is 18.1. The van der Waals surface area contributed by atoms with Crippen LogP contribution in [-0.2, 0) is 6.42 Å². The third-order valence-electron chi connectivity index (χ3n) is 5.67. The molecule has 3 aromatic carbocycles. The molecular weight excluding hydrogens is 412 g/mol. The van der Waals surface area contributed by atoms with Gasteiger partial charge in [-0.3, -0.25) is 19.9 Å². The number of ketones is 1. The molecule has 0 bridgehead atoms. The number of aromatic amines is 1. The van der Waals surface area contributed by atoms with Crippen molar-refractivity contribution in [2.45, 2.75) is 19.8 Å².